The number of H-pyrrole nitrogens is 1. The van der Waals surface area contributed by atoms with Crippen molar-refractivity contribution in [2.24, 2.45) is 5.92 Å². The van der Waals surface area contributed by atoms with Crippen LogP contribution in [-0.2, 0) is 27.2 Å². The minimum absolute atomic E-state index is 0.0807. The van der Waals surface area contributed by atoms with Crippen LogP contribution in [0.15, 0.2) is 61.1 Å². The minimum Gasteiger partial charge on any atom is -0.351 e. The summed E-state index contributed by atoms with van der Waals surface area (Å²) in [5, 5.41) is 3.23. The number of nitrogens with zero attached hydrogens (tertiary/aromatic N) is 6. The number of amides is 1. The average molecular weight is 573 g/mol. The number of imidazole rings is 1. The van der Waals surface area contributed by atoms with E-state index in [0.29, 0.717) is 55.0 Å². The monoisotopic (exact) mass is 572 g/mol. The standard InChI is InChI=1S/C30H33FN8O3/c1-38-11-13-39(14-12-38)29(40)22-18-41-26(42-19-22)15-25-36-27(21-4-6-23(31)7-5-21)28(37-25)24-8-10-33-30(35-24)34-17-20-3-2-9-32-16-20/h2-10,16,22,26H,11-15,17-19H2,1H3,(H,36,37)(H,33,34,35). The second-order valence-electron chi connectivity index (χ2n) is 10.5. The van der Waals surface area contributed by atoms with Gasteiger partial charge >= 0.3 is 0 Å². The van der Waals surface area contributed by atoms with Crippen molar-refractivity contribution in [1.82, 2.24) is 34.7 Å². The number of pyridine rings is 1. The second-order valence-corrected chi connectivity index (χ2v) is 10.5. The van der Waals surface area contributed by atoms with Crippen LogP contribution in [0, 0.1) is 11.7 Å². The van der Waals surface area contributed by atoms with Crippen LogP contribution in [0.25, 0.3) is 22.6 Å². The van der Waals surface area contributed by atoms with Gasteiger partial charge in [-0.3, -0.25) is 9.78 Å². The van der Waals surface area contributed by atoms with Gasteiger partial charge in [0.05, 0.1) is 42.6 Å². The molecule has 4 aromatic rings. The van der Waals surface area contributed by atoms with Gasteiger partial charge < -0.3 is 29.6 Å². The number of halogens is 1. The SMILES string of the molecule is CN1CCN(C(=O)C2COC(Cc3nc(-c4ccc(F)cc4)c(-c4ccnc(NCc5cccnc5)n4)[nH]3)OC2)CC1. The number of carbonyl (C=O) groups excluding carboxylic acids is 1. The first-order valence-electron chi connectivity index (χ1n) is 14.0. The zero-order valence-electron chi connectivity index (χ0n) is 23.4. The molecule has 12 heteroatoms. The van der Waals surface area contributed by atoms with E-state index < -0.39 is 6.29 Å². The molecule has 0 aliphatic carbocycles. The zero-order valence-corrected chi connectivity index (χ0v) is 23.4. The zero-order chi connectivity index (χ0) is 28.9. The van der Waals surface area contributed by atoms with Crippen LogP contribution in [0.1, 0.15) is 11.4 Å². The Balaban J connectivity index is 1.17. The molecule has 218 valence electrons. The summed E-state index contributed by atoms with van der Waals surface area (Å²) in [4.78, 5) is 38.5. The van der Waals surface area contributed by atoms with Gasteiger partial charge in [0, 0.05) is 56.9 Å². The number of hydrogen-bond donors (Lipinski definition) is 2. The van der Waals surface area contributed by atoms with E-state index in [4.69, 9.17) is 19.4 Å². The molecule has 2 fully saturated rings. The highest BCUT2D eigenvalue weighted by molar-refractivity contribution is 5.79. The third kappa shape index (κ3) is 6.62. The first-order valence-corrected chi connectivity index (χ1v) is 14.0. The van der Waals surface area contributed by atoms with E-state index >= 15 is 0 Å². The molecule has 0 unspecified atom stereocenters. The van der Waals surface area contributed by atoms with E-state index in [2.05, 4.69) is 32.2 Å². The van der Waals surface area contributed by atoms with Gasteiger partial charge in [0.2, 0.25) is 11.9 Å². The van der Waals surface area contributed by atoms with Crippen LogP contribution in [0.3, 0.4) is 0 Å². The highest BCUT2D eigenvalue weighted by Crippen LogP contribution is 2.30. The van der Waals surface area contributed by atoms with Crippen LogP contribution in [0.2, 0.25) is 0 Å². The molecular weight excluding hydrogens is 539 g/mol. The first-order chi connectivity index (χ1) is 20.5. The summed E-state index contributed by atoms with van der Waals surface area (Å²) in [5.74, 6) is 0.515. The molecule has 3 aromatic heterocycles. The third-order valence-corrected chi connectivity index (χ3v) is 7.45. The highest BCUT2D eigenvalue weighted by Gasteiger charge is 2.32. The molecular formula is C30H33FN8O3. The summed E-state index contributed by atoms with van der Waals surface area (Å²) in [7, 11) is 2.06. The lowest BCUT2D eigenvalue weighted by Crippen LogP contribution is -2.51. The van der Waals surface area contributed by atoms with Gasteiger partial charge in [-0.25, -0.2) is 19.3 Å². The summed E-state index contributed by atoms with van der Waals surface area (Å²) in [6.45, 7) is 4.30. The van der Waals surface area contributed by atoms with E-state index in [1.807, 2.05) is 17.0 Å². The smallest absolute Gasteiger partial charge is 0.230 e. The maximum absolute atomic E-state index is 13.7. The minimum atomic E-state index is -0.552. The quantitative estimate of drug-likeness (QED) is 0.328. The van der Waals surface area contributed by atoms with Crippen LogP contribution in [0.5, 0.6) is 0 Å². The van der Waals surface area contributed by atoms with Gasteiger partial charge in [0.1, 0.15) is 11.6 Å². The second kappa shape index (κ2) is 12.7. The van der Waals surface area contributed by atoms with Crippen molar-refractivity contribution in [3.8, 4) is 22.6 Å². The third-order valence-electron chi connectivity index (χ3n) is 7.45. The number of rotatable bonds is 8. The molecule has 0 bridgehead atoms. The predicted octanol–water partition coefficient (Wildman–Crippen LogP) is 2.99. The Morgan fingerprint density at radius 1 is 1.05 bits per heavy atom. The van der Waals surface area contributed by atoms with Crippen molar-refractivity contribution in [3.63, 3.8) is 0 Å². The number of anilines is 1. The van der Waals surface area contributed by atoms with Crippen molar-refractivity contribution >= 4 is 11.9 Å². The van der Waals surface area contributed by atoms with Gasteiger partial charge in [-0.2, -0.15) is 0 Å². The Kier molecular flexibility index (Phi) is 8.45. The molecule has 11 nitrogen and oxygen atoms in total. The van der Waals surface area contributed by atoms with Gasteiger partial charge in [0.15, 0.2) is 6.29 Å². The van der Waals surface area contributed by atoms with Crippen molar-refractivity contribution in [3.05, 3.63) is 78.3 Å². The fourth-order valence-electron chi connectivity index (χ4n) is 5.03. The van der Waals surface area contributed by atoms with Gasteiger partial charge in [-0.1, -0.05) is 6.07 Å². The molecule has 0 spiro atoms. The van der Waals surface area contributed by atoms with Gasteiger partial charge in [-0.05, 0) is 49.0 Å². The Labute approximate surface area is 243 Å². The molecule has 42 heavy (non-hydrogen) atoms. The molecule has 2 N–H and O–H groups in total. The summed E-state index contributed by atoms with van der Waals surface area (Å²) >= 11 is 0. The van der Waals surface area contributed by atoms with E-state index in [0.717, 1.165) is 37.3 Å². The Bertz CT molecular complexity index is 1480. The van der Waals surface area contributed by atoms with Gasteiger partial charge in [-0.15, -0.1) is 0 Å². The number of hydrogen-bond acceptors (Lipinski definition) is 9. The van der Waals surface area contributed by atoms with Crippen LogP contribution < -0.4 is 5.32 Å². The lowest BCUT2D eigenvalue weighted by Gasteiger charge is -2.36. The fraction of sp³-hybridized carbons (Fsp3) is 0.367. The molecule has 2 aliphatic heterocycles. The van der Waals surface area contributed by atoms with Crippen molar-refractivity contribution < 1.29 is 18.7 Å². The number of carbonyl (C=O) groups is 1. The molecule has 2 saturated heterocycles. The first kappa shape index (κ1) is 27.9. The number of ether oxygens (including phenoxy) is 2. The van der Waals surface area contributed by atoms with Crippen LogP contribution in [-0.4, -0.2) is 93.4 Å². The summed E-state index contributed by atoms with van der Waals surface area (Å²) in [5.41, 5.74) is 3.66. The number of likely N-dealkylation sites (N-methyl/N-ethyl adjacent to an activating group) is 1. The number of piperazine rings is 1. The molecule has 0 saturated carbocycles. The Morgan fingerprint density at radius 3 is 2.57 bits per heavy atom. The van der Waals surface area contributed by atoms with Crippen molar-refractivity contribution in [2.45, 2.75) is 19.3 Å². The lowest BCUT2D eigenvalue weighted by molar-refractivity contribution is -0.204. The molecule has 5 heterocycles. The molecule has 1 amide bonds. The molecule has 2 aliphatic rings. The average Bonchev–Trinajstić information content (AvgIpc) is 3.45. The predicted molar refractivity (Wildman–Crippen MR) is 154 cm³/mol. The van der Waals surface area contributed by atoms with Crippen LogP contribution in [0.4, 0.5) is 10.3 Å². The van der Waals surface area contributed by atoms with Gasteiger partial charge in [0.25, 0.3) is 0 Å². The lowest BCUT2D eigenvalue weighted by atomic mass is 10.1. The number of aromatic nitrogens is 5. The molecule has 6 rings (SSSR count). The van der Waals surface area contributed by atoms with E-state index in [9.17, 15) is 9.18 Å². The summed E-state index contributed by atoms with van der Waals surface area (Å²) in [6, 6.07) is 11.8. The molecule has 1 aromatic carbocycles. The Morgan fingerprint density at radius 2 is 1.83 bits per heavy atom. The number of aromatic amines is 1. The number of nitrogens with one attached hydrogen (secondary N) is 2. The van der Waals surface area contributed by atoms with Crippen molar-refractivity contribution in [1.29, 1.82) is 0 Å². The normalized spacial score (nSPS) is 19.5. The summed E-state index contributed by atoms with van der Waals surface area (Å²) in [6.07, 6.45) is 4.98. The number of benzene rings is 1. The largest absolute Gasteiger partial charge is 0.351 e. The maximum atomic E-state index is 13.7. The van der Waals surface area contributed by atoms with E-state index in [-0.39, 0.29) is 17.6 Å². The van der Waals surface area contributed by atoms with Crippen molar-refractivity contribution in [2.75, 3.05) is 51.8 Å². The topological polar surface area (TPSA) is 121 Å². The molecule has 0 radical (unpaired) electrons. The molecule has 0 atom stereocenters. The summed E-state index contributed by atoms with van der Waals surface area (Å²) < 4.78 is 25.7. The highest BCUT2D eigenvalue weighted by atomic mass is 19.1. The van der Waals surface area contributed by atoms with E-state index in [1.165, 1.54) is 12.1 Å². The fourth-order valence-corrected chi connectivity index (χ4v) is 5.03. The van der Waals surface area contributed by atoms with E-state index in [1.54, 1.807) is 36.8 Å². The Hall–Kier alpha value is -4.26. The maximum Gasteiger partial charge on any atom is 0.230 e. The van der Waals surface area contributed by atoms with Crippen LogP contribution >= 0.6 is 0 Å².